The third-order valence-electron chi connectivity index (χ3n) is 4.05. The van der Waals surface area contributed by atoms with E-state index in [1.54, 1.807) is 0 Å². The molecule has 1 fully saturated rings. The molecule has 0 bridgehead atoms. The van der Waals surface area contributed by atoms with Crippen molar-refractivity contribution in [2.24, 2.45) is 5.73 Å². The van der Waals surface area contributed by atoms with E-state index >= 15 is 0 Å². The highest BCUT2D eigenvalue weighted by molar-refractivity contribution is 5.22. The maximum atomic E-state index is 5.92. The van der Waals surface area contributed by atoms with Crippen LogP contribution < -0.4 is 11.1 Å². The Kier molecular flexibility index (Phi) is 5.21. The van der Waals surface area contributed by atoms with E-state index in [-0.39, 0.29) is 0 Å². The summed E-state index contributed by atoms with van der Waals surface area (Å²) >= 11 is 0. The Morgan fingerprint density at radius 2 is 1.67 bits per heavy atom. The van der Waals surface area contributed by atoms with Crippen LogP contribution in [0, 0.1) is 0 Å². The van der Waals surface area contributed by atoms with Crippen molar-refractivity contribution in [3.63, 3.8) is 0 Å². The molecule has 1 aromatic carbocycles. The normalized spacial score (nSPS) is 24.1. The zero-order valence-electron chi connectivity index (χ0n) is 11.5. The molecule has 0 amide bonds. The highest BCUT2D eigenvalue weighted by Gasteiger charge is 2.17. The SMILES string of the molecule is CCc1ccc(CCNC2CCC(N)CC2)cc1. The molecule has 3 N–H and O–H groups in total. The van der Waals surface area contributed by atoms with Crippen molar-refractivity contribution in [1.82, 2.24) is 5.32 Å². The van der Waals surface area contributed by atoms with Crippen LogP contribution in [0.25, 0.3) is 0 Å². The van der Waals surface area contributed by atoms with Gasteiger partial charge in [-0.1, -0.05) is 31.2 Å². The second-order valence-electron chi connectivity index (χ2n) is 5.49. The molecule has 1 aliphatic carbocycles. The Morgan fingerprint density at radius 1 is 1.06 bits per heavy atom. The standard InChI is InChI=1S/C16H26N2/c1-2-13-3-5-14(6-4-13)11-12-18-16-9-7-15(17)8-10-16/h3-6,15-16,18H,2,7-12,17H2,1H3. The zero-order chi connectivity index (χ0) is 12.8. The summed E-state index contributed by atoms with van der Waals surface area (Å²) in [6, 6.07) is 10.2. The average molecular weight is 246 g/mol. The van der Waals surface area contributed by atoms with Crippen LogP contribution in [0.5, 0.6) is 0 Å². The molecular formula is C16H26N2. The van der Waals surface area contributed by atoms with E-state index in [1.165, 1.54) is 36.8 Å². The summed E-state index contributed by atoms with van der Waals surface area (Å²) in [5, 5.41) is 3.66. The fourth-order valence-corrected chi connectivity index (χ4v) is 2.69. The molecule has 0 aromatic heterocycles. The van der Waals surface area contributed by atoms with E-state index in [0.29, 0.717) is 12.1 Å². The predicted octanol–water partition coefficient (Wildman–Crippen LogP) is 2.65. The molecule has 2 rings (SSSR count). The van der Waals surface area contributed by atoms with Crippen molar-refractivity contribution >= 4 is 0 Å². The van der Waals surface area contributed by atoms with E-state index in [4.69, 9.17) is 5.73 Å². The molecule has 18 heavy (non-hydrogen) atoms. The van der Waals surface area contributed by atoms with Gasteiger partial charge < -0.3 is 11.1 Å². The van der Waals surface area contributed by atoms with Crippen LogP contribution in [-0.4, -0.2) is 18.6 Å². The summed E-state index contributed by atoms with van der Waals surface area (Å²) in [6.45, 7) is 3.29. The van der Waals surface area contributed by atoms with E-state index in [1.807, 2.05) is 0 Å². The van der Waals surface area contributed by atoms with E-state index in [0.717, 1.165) is 19.4 Å². The van der Waals surface area contributed by atoms with E-state index in [2.05, 4.69) is 36.5 Å². The van der Waals surface area contributed by atoms with Crippen LogP contribution in [-0.2, 0) is 12.8 Å². The first-order valence-corrected chi connectivity index (χ1v) is 7.34. The quantitative estimate of drug-likeness (QED) is 0.838. The Hall–Kier alpha value is -0.860. The molecule has 0 spiro atoms. The molecular weight excluding hydrogens is 220 g/mol. The second-order valence-corrected chi connectivity index (χ2v) is 5.49. The number of nitrogens with two attached hydrogens (primary N) is 1. The first kappa shape index (κ1) is 13.6. The highest BCUT2D eigenvalue weighted by atomic mass is 14.9. The van der Waals surface area contributed by atoms with Crippen LogP contribution in [0.1, 0.15) is 43.7 Å². The fraction of sp³-hybridized carbons (Fsp3) is 0.625. The number of hydrogen-bond acceptors (Lipinski definition) is 2. The Labute approximate surface area is 111 Å². The van der Waals surface area contributed by atoms with Gasteiger partial charge in [0.05, 0.1) is 0 Å². The molecule has 1 aromatic rings. The fourth-order valence-electron chi connectivity index (χ4n) is 2.69. The topological polar surface area (TPSA) is 38.0 Å². The van der Waals surface area contributed by atoms with Crippen molar-refractivity contribution in [3.8, 4) is 0 Å². The molecule has 0 radical (unpaired) electrons. The van der Waals surface area contributed by atoms with Crippen molar-refractivity contribution in [3.05, 3.63) is 35.4 Å². The lowest BCUT2D eigenvalue weighted by Gasteiger charge is -2.26. The van der Waals surface area contributed by atoms with Gasteiger partial charge in [0.15, 0.2) is 0 Å². The highest BCUT2D eigenvalue weighted by Crippen LogP contribution is 2.16. The number of rotatable bonds is 5. The summed E-state index contributed by atoms with van der Waals surface area (Å²) in [7, 11) is 0. The molecule has 100 valence electrons. The lowest BCUT2D eigenvalue weighted by molar-refractivity contribution is 0.344. The van der Waals surface area contributed by atoms with Crippen LogP contribution in [0.3, 0.4) is 0 Å². The van der Waals surface area contributed by atoms with Crippen molar-refractivity contribution in [2.45, 2.75) is 57.5 Å². The summed E-state index contributed by atoms with van der Waals surface area (Å²) < 4.78 is 0. The largest absolute Gasteiger partial charge is 0.328 e. The van der Waals surface area contributed by atoms with Crippen LogP contribution in [0.2, 0.25) is 0 Å². The molecule has 1 aliphatic rings. The monoisotopic (exact) mass is 246 g/mol. The van der Waals surface area contributed by atoms with Gasteiger partial charge in [-0.05, 0) is 56.2 Å². The zero-order valence-corrected chi connectivity index (χ0v) is 11.5. The van der Waals surface area contributed by atoms with E-state index < -0.39 is 0 Å². The van der Waals surface area contributed by atoms with Crippen molar-refractivity contribution in [1.29, 1.82) is 0 Å². The molecule has 0 unspecified atom stereocenters. The van der Waals surface area contributed by atoms with Gasteiger partial charge in [-0.2, -0.15) is 0 Å². The molecule has 0 atom stereocenters. The number of benzene rings is 1. The average Bonchev–Trinajstić information content (AvgIpc) is 2.42. The van der Waals surface area contributed by atoms with Crippen molar-refractivity contribution < 1.29 is 0 Å². The third-order valence-corrected chi connectivity index (χ3v) is 4.05. The smallest absolute Gasteiger partial charge is 0.00683 e. The maximum absolute atomic E-state index is 5.92. The minimum absolute atomic E-state index is 0.449. The Bertz CT molecular complexity index is 337. The first-order valence-electron chi connectivity index (χ1n) is 7.34. The number of aryl methyl sites for hydroxylation is 1. The van der Waals surface area contributed by atoms with Crippen LogP contribution in [0.15, 0.2) is 24.3 Å². The van der Waals surface area contributed by atoms with E-state index in [9.17, 15) is 0 Å². The van der Waals surface area contributed by atoms with Gasteiger partial charge >= 0.3 is 0 Å². The molecule has 1 saturated carbocycles. The number of hydrogen-bond donors (Lipinski definition) is 2. The van der Waals surface area contributed by atoms with Crippen molar-refractivity contribution in [2.75, 3.05) is 6.54 Å². The predicted molar refractivity (Wildman–Crippen MR) is 77.8 cm³/mol. The Balaban J connectivity index is 1.68. The summed E-state index contributed by atoms with van der Waals surface area (Å²) in [5.41, 5.74) is 8.78. The summed E-state index contributed by atoms with van der Waals surface area (Å²) in [6.07, 6.45) is 7.12. The van der Waals surface area contributed by atoms with Gasteiger partial charge in [0.1, 0.15) is 0 Å². The van der Waals surface area contributed by atoms with Gasteiger partial charge in [0.25, 0.3) is 0 Å². The van der Waals surface area contributed by atoms with Gasteiger partial charge in [0, 0.05) is 12.1 Å². The van der Waals surface area contributed by atoms with Gasteiger partial charge in [0.2, 0.25) is 0 Å². The molecule has 2 nitrogen and oxygen atoms in total. The molecule has 0 heterocycles. The molecule has 2 heteroatoms. The second kappa shape index (κ2) is 6.91. The Morgan fingerprint density at radius 3 is 2.28 bits per heavy atom. The summed E-state index contributed by atoms with van der Waals surface area (Å²) in [5.74, 6) is 0. The van der Waals surface area contributed by atoms with Gasteiger partial charge in [-0.15, -0.1) is 0 Å². The minimum atomic E-state index is 0.449. The van der Waals surface area contributed by atoms with Crippen LogP contribution >= 0.6 is 0 Å². The van der Waals surface area contributed by atoms with Crippen LogP contribution in [0.4, 0.5) is 0 Å². The first-order chi connectivity index (χ1) is 8.78. The molecule has 0 aliphatic heterocycles. The third kappa shape index (κ3) is 4.11. The van der Waals surface area contributed by atoms with Gasteiger partial charge in [-0.3, -0.25) is 0 Å². The lowest BCUT2D eigenvalue weighted by atomic mass is 9.92. The number of nitrogens with one attached hydrogen (secondary N) is 1. The van der Waals surface area contributed by atoms with Gasteiger partial charge in [-0.25, -0.2) is 0 Å². The minimum Gasteiger partial charge on any atom is -0.328 e. The lowest BCUT2D eigenvalue weighted by Crippen LogP contribution is -2.38. The summed E-state index contributed by atoms with van der Waals surface area (Å²) in [4.78, 5) is 0. The molecule has 0 saturated heterocycles. The maximum Gasteiger partial charge on any atom is 0.00683 e.